The number of pyridine rings is 1. The summed E-state index contributed by atoms with van der Waals surface area (Å²) in [5.41, 5.74) is 7.09. The Labute approximate surface area is 126 Å². The van der Waals surface area contributed by atoms with Crippen molar-refractivity contribution in [2.75, 3.05) is 6.61 Å². The number of hydrogen-bond donors (Lipinski definition) is 2. The molecule has 0 fully saturated rings. The number of rotatable bonds is 6. The lowest BCUT2D eigenvalue weighted by molar-refractivity contribution is 0.0849. The molecule has 0 saturated carbocycles. The summed E-state index contributed by atoms with van der Waals surface area (Å²) in [4.78, 5) is 3.99. The van der Waals surface area contributed by atoms with Crippen LogP contribution in [-0.4, -0.2) is 28.8 Å². The highest BCUT2D eigenvalue weighted by molar-refractivity contribution is 9.10. The number of aromatic nitrogens is 1. The van der Waals surface area contributed by atoms with E-state index in [-0.39, 0.29) is 12.6 Å². The van der Waals surface area contributed by atoms with E-state index in [2.05, 4.69) is 20.9 Å². The van der Waals surface area contributed by atoms with Crippen molar-refractivity contribution in [3.8, 4) is 5.75 Å². The van der Waals surface area contributed by atoms with E-state index < -0.39 is 6.10 Å². The highest BCUT2D eigenvalue weighted by Crippen LogP contribution is 2.16. The van der Waals surface area contributed by atoms with Gasteiger partial charge in [0.05, 0.1) is 6.20 Å². The average Bonchev–Trinajstić information content (AvgIpc) is 2.46. The Morgan fingerprint density at radius 2 is 2.00 bits per heavy atom. The zero-order valence-corrected chi connectivity index (χ0v) is 12.5. The van der Waals surface area contributed by atoms with Crippen molar-refractivity contribution in [2.45, 2.75) is 18.6 Å². The fraction of sp³-hybridized carbons (Fsp3) is 0.267. The molecule has 2 rings (SSSR count). The first-order valence-electron chi connectivity index (χ1n) is 6.36. The van der Waals surface area contributed by atoms with Crippen LogP contribution in [0.5, 0.6) is 5.75 Å². The molecule has 1 heterocycles. The molecular formula is C15H17BrN2O2. The highest BCUT2D eigenvalue weighted by Gasteiger charge is 2.16. The molecule has 0 aliphatic carbocycles. The van der Waals surface area contributed by atoms with E-state index in [1.54, 1.807) is 18.5 Å². The molecule has 0 spiro atoms. The second kappa shape index (κ2) is 7.38. The van der Waals surface area contributed by atoms with Gasteiger partial charge in [-0.2, -0.15) is 0 Å². The molecule has 1 aromatic carbocycles. The van der Waals surface area contributed by atoms with Crippen LogP contribution in [0.3, 0.4) is 0 Å². The monoisotopic (exact) mass is 336 g/mol. The van der Waals surface area contributed by atoms with E-state index in [4.69, 9.17) is 10.5 Å². The van der Waals surface area contributed by atoms with Crippen molar-refractivity contribution in [1.82, 2.24) is 4.98 Å². The fourth-order valence-corrected chi connectivity index (χ4v) is 2.14. The smallest absolute Gasteiger partial charge is 0.138 e. The maximum absolute atomic E-state index is 10.0. The Balaban J connectivity index is 1.83. The Hall–Kier alpha value is -1.43. The van der Waals surface area contributed by atoms with Crippen LogP contribution >= 0.6 is 15.9 Å². The van der Waals surface area contributed by atoms with Crippen LogP contribution in [0.15, 0.2) is 53.3 Å². The summed E-state index contributed by atoms with van der Waals surface area (Å²) in [6.07, 6.45) is 3.15. The Morgan fingerprint density at radius 3 is 2.70 bits per heavy atom. The van der Waals surface area contributed by atoms with Crippen molar-refractivity contribution in [2.24, 2.45) is 5.73 Å². The van der Waals surface area contributed by atoms with Gasteiger partial charge in [-0.05, 0) is 34.0 Å². The SMILES string of the molecule is NC(Cc1ccccc1)C(O)COc1cncc(Br)c1. The van der Waals surface area contributed by atoms with E-state index in [1.165, 1.54) is 0 Å². The van der Waals surface area contributed by atoms with E-state index in [0.29, 0.717) is 12.2 Å². The molecule has 0 bridgehead atoms. The molecule has 2 aromatic rings. The summed E-state index contributed by atoms with van der Waals surface area (Å²) in [5.74, 6) is 0.602. The minimum absolute atomic E-state index is 0.145. The molecule has 1 aromatic heterocycles. The van der Waals surface area contributed by atoms with Gasteiger partial charge in [-0.25, -0.2) is 0 Å². The summed E-state index contributed by atoms with van der Waals surface area (Å²) >= 11 is 3.31. The van der Waals surface area contributed by atoms with Crippen molar-refractivity contribution < 1.29 is 9.84 Å². The van der Waals surface area contributed by atoms with E-state index in [0.717, 1.165) is 10.0 Å². The van der Waals surface area contributed by atoms with E-state index >= 15 is 0 Å². The van der Waals surface area contributed by atoms with Gasteiger partial charge in [-0.3, -0.25) is 4.98 Å². The van der Waals surface area contributed by atoms with Crippen LogP contribution < -0.4 is 10.5 Å². The first-order chi connectivity index (χ1) is 9.65. The van der Waals surface area contributed by atoms with E-state index in [1.807, 2.05) is 30.3 Å². The second-order valence-electron chi connectivity index (χ2n) is 4.57. The van der Waals surface area contributed by atoms with Gasteiger partial charge < -0.3 is 15.6 Å². The molecule has 20 heavy (non-hydrogen) atoms. The van der Waals surface area contributed by atoms with Crippen LogP contribution in [0.4, 0.5) is 0 Å². The molecule has 0 radical (unpaired) electrons. The number of hydrogen-bond acceptors (Lipinski definition) is 4. The standard InChI is InChI=1S/C15H17BrN2O2/c16-12-7-13(9-18-8-12)20-10-15(19)14(17)6-11-4-2-1-3-5-11/h1-5,7-9,14-15,19H,6,10,17H2. The molecular weight excluding hydrogens is 320 g/mol. The molecule has 106 valence electrons. The number of ether oxygens (including phenoxy) is 1. The largest absolute Gasteiger partial charge is 0.489 e. The molecule has 0 aliphatic heterocycles. The predicted molar refractivity (Wildman–Crippen MR) is 81.6 cm³/mol. The van der Waals surface area contributed by atoms with Crippen LogP contribution in [0.2, 0.25) is 0 Å². The number of nitrogens with zero attached hydrogens (tertiary/aromatic N) is 1. The van der Waals surface area contributed by atoms with Crippen LogP contribution in [0.25, 0.3) is 0 Å². The fourth-order valence-electron chi connectivity index (χ4n) is 1.80. The Morgan fingerprint density at radius 1 is 1.25 bits per heavy atom. The second-order valence-corrected chi connectivity index (χ2v) is 5.49. The van der Waals surface area contributed by atoms with Crippen LogP contribution in [0.1, 0.15) is 5.56 Å². The number of halogens is 1. The zero-order chi connectivity index (χ0) is 14.4. The zero-order valence-electron chi connectivity index (χ0n) is 10.9. The molecule has 0 amide bonds. The topological polar surface area (TPSA) is 68.4 Å². The average molecular weight is 337 g/mol. The number of aliphatic hydroxyl groups is 1. The number of benzene rings is 1. The van der Waals surface area contributed by atoms with Gasteiger partial charge in [0.15, 0.2) is 0 Å². The number of nitrogens with two attached hydrogens (primary N) is 1. The van der Waals surface area contributed by atoms with Crippen molar-refractivity contribution in [3.05, 3.63) is 58.8 Å². The van der Waals surface area contributed by atoms with Crippen molar-refractivity contribution in [3.63, 3.8) is 0 Å². The van der Waals surface area contributed by atoms with E-state index in [9.17, 15) is 5.11 Å². The molecule has 3 N–H and O–H groups in total. The lowest BCUT2D eigenvalue weighted by atomic mass is 10.0. The third-order valence-corrected chi connectivity index (χ3v) is 3.34. The molecule has 5 heteroatoms. The quantitative estimate of drug-likeness (QED) is 0.848. The minimum atomic E-state index is -0.728. The lowest BCUT2D eigenvalue weighted by Crippen LogP contribution is -2.40. The van der Waals surface area contributed by atoms with Gasteiger partial charge in [-0.15, -0.1) is 0 Å². The molecule has 4 nitrogen and oxygen atoms in total. The summed E-state index contributed by atoms with van der Waals surface area (Å²) in [5, 5.41) is 10.0. The van der Waals surface area contributed by atoms with Gasteiger partial charge in [0, 0.05) is 16.7 Å². The summed E-state index contributed by atoms with van der Waals surface area (Å²) in [6, 6.07) is 11.3. The van der Waals surface area contributed by atoms with Gasteiger partial charge in [0.25, 0.3) is 0 Å². The van der Waals surface area contributed by atoms with Gasteiger partial charge in [0.1, 0.15) is 18.5 Å². The first-order valence-corrected chi connectivity index (χ1v) is 7.15. The summed E-state index contributed by atoms with van der Waals surface area (Å²) < 4.78 is 6.32. The number of aliphatic hydroxyl groups excluding tert-OH is 1. The van der Waals surface area contributed by atoms with Crippen LogP contribution in [-0.2, 0) is 6.42 Å². The molecule has 0 aliphatic rings. The van der Waals surface area contributed by atoms with Gasteiger partial charge in [0.2, 0.25) is 0 Å². The summed E-state index contributed by atoms with van der Waals surface area (Å²) in [7, 11) is 0. The van der Waals surface area contributed by atoms with Crippen molar-refractivity contribution in [1.29, 1.82) is 0 Å². The summed E-state index contributed by atoms with van der Waals surface area (Å²) in [6.45, 7) is 0.145. The Kier molecular flexibility index (Phi) is 5.52. The van der Waals surface area contributed by atoms with Gasteiger partial charge in [-0.1, -0.05) is 30.3 Å². The van der Waals surface area contributed by atoms with Crippen LogP contribution in [0, 0.1) is 0 Å². The Bertz CT molecular complexity index is 536. The molecule has 2 atom stereocenters. The third kappa shape index (κ3) is 4.59. The minimum Gasteiger partial charge on any atom is -0.489 e. The lowest BCUT2D eigenvalue weighted by Gasteiger charge is -2.19. The molecule has 0 saturated heterocycles. The maximum Gasteiger partial charge on any atom is 0.138 e. The van der Waals surface area contributed by atoms with Gasteiger partial charge >= 0.3 is 0 Å². The molecule has 2 unspecified atom stereocenters. The maximum atomic E-state index is 10.0. The first kappa shape index (κ1) is 15.0. The highest BCUT2D eigenvalue weighted by atomic mass is 79.9. The normalized spacial score (nSPS) is 13.8. The predicted octanol–water partition coefficient (Wildman–Crippen LogP) is 2.15. The third-order valence-electron chi connectivity index (χ3n) is 2.91. The van der Waals surface area contributed by atoms with Crippen molar-refractivity contribution >= 4 is 15.9 Å².